The van der Waals surface area contributed by atoms with Crippen molar-refractivity contribution in [1.82, 2.24) is 0 Å². The zero-order valence-electron chi connectivity index (χ0n) is 22.5. The number of anilines is 2. The van der Waals surface area contributed by atoms with Gasteiger partial charge in [-0.2, -0.15) is 0 Å². The van der Waals surface area contributed by atoms with Gasteiger partial charge in [-0.1, -0.05) is 114 Å². The number of allylic oxidation sites excluding steroid dienone is 2. The maximum Gasteiger partial charge on any atom is 0.0560 e. The lowest BCUT2D eigenvalue weighted by atomic mass is 9.97. The van der Waals surface area contributed by atoms with E-state index in [1.54, 1.807) is 0 Å². The zero-order valence-corrected chi connectivity index (χ0v) is 22.5. The van der Waals surface area contributed by atoms with Gasteiger partial charge < -0.3 is 4.90 Å². The Kier molecular flexibility index (Phi) is 10.4. The van der Waals surface area contributed by atoms with Crippen LogP contribution in [0.1, 0.15) is 59.1 Å². The molecule has 0 radical (unpaired) electrons. The van der Waals surface area contributed by atoms with Crippen molar-refractivity contribution in [2.45, 2.75) is 67.9 Å². The second-order valence-corrected chi connectivity index (χ2v) is 8.69. The second-order valence-electron chi connectivity index (χ2n) is 8.69. The monoisotopic (exact) mass is 453 g/mol. The fraction of sp³-hybridized carbons (Fsp3) is 0.333. The van der Waals surface area contributed by atoms with E-state index in [0.717, 1.165) is 11.6 Å². The van der Waals surface area contributed by atoms with E-state index in [-0.39, 0.29) is 0 Å². The van der Waals surface area contributed by atoms with Crippen LogP contribution in [0.3, 0.4) is 0 Å². The Labute approximate surface area is 207 Å². The topological polar surface area (TPSA) is 3.24 Å². The third-order valence-electron chi connectivity index (χ3n) is 5.88. The summed E-state index contributed by atoms with van der Waals surface area (Å²) in [7, 11) is 0. The molecule has 0 aromatic heterocycles. The van der Waals surface area contributed by atoms with Crippen LogP contribution in [0.2, 0.25) is 0 Å². The van der Waals surface area contributed by atoms with Gasteiger partial charge in [0.2, 0.25) is 0 Å². The van der Waals surface area contributed by atoms with Crippen molar-refractivity contribution in [1.29, 1.82) is 0 Å². The molecule has 1 atom stereocenters. The lowest BCUT2D eigenvalue weighted by molar-refractivity contribution is 0.787. The minimum atomic E-state index is 0.291. The Hall–Kier alpha value is -3.06. The summed E-state index contributed by atoms with van der Waals surface area (Å²) in [4.78, 5) is 2.48. The predicted octanol–water partition coefficient (Wildman–Crippen LogP) is 8.38. The quantitative estimate of drug-likeness (QED) is 0.383. The number of rotatable bonds is 4. The van der Waals surface area contributed by atoms with E-state index in [1.165, 1.54) is 38.5 Å². The van der Waals surface area contributed by atoms with E-state index in [4.69, 9.17) is 0 Å². The van der Waals surface area contributed by atoms with Crippen LogP contribution in [0, 0.1) is 19.8 Å². The second kappa shape index (κ2) is 13.0. The number of aryl methyl sites for hydroxylation is 2. The molecular weight excluding hydrogens is 410 g/mol. The van der Waals surface area contributed by atoms with Crippen LogP contribution < -0.4 is 15.3 Å². The van der Waals surface area contributed by atoms with Gasteiger partial charge in [-0.15, -0.1) is 0 Å². The first-order chi connectivity index (χ1) is 16.5. The maximum absolute atomic E-state index is 4.48. The lowest BCUT2D eigenvalue weighted by Crippen LogP contribution is -2.31. The highest BCUT2D eigenvalue weighted by molar-refractivity contribution is 5.98. The van der Waals surface area contributed by atoms with E-state index < -0.39 is 0 Å². The van der Waals surface area contributed by atoms with Gasteiger partial charge >= 0.3 is 0 Å². The van der Waals surface area contributed by atoms with Gasteiger partial charge in [0.25, 0.3) is 0 Å². The molecule has 3 aromatic carbocycles. The first-order valence-corrected chi connectivity index (χ1v) is 12.9. The Balaban J connectivity index is 0.000000970. The molecule has 1 aliphatic rings. The first kappa shape index (κ1) is 27.2. The molecule has 0 saturated carbocycles. The van der Waals surface area contributed by atoms with Gasteiger partial charge in [0.15, 0.2) is 0 Å². The molecule has 0 spiro atoms. The average Bonchev–Trinajstić information content (AvgIpc) is 2.86. The van der Waals surface area contributed by atoms with Crippen LogP contribution in [-0.2, 0) is 0 Å². The summed E-state index contributed by atoms with van der Waals surface area (Å²) in [5, 5.41) is 4.90. The average molecular weight is 454 g/mol. The lowest BCUT2D eigenvalue weighted by Gasteiger charge is -2.34. The molecule has 0 heterocycles. The minimum Gasteiger partial charge on any atom is -0.334 e. The molecule has 0 bridgehead atoms. The summed E-state index contributed by atoms with van der Waals surface area (Å²) >= 11 is 0. The largest absolute Gasteiger partial charge is 0.334 e. The molecule has 0 aliphatic heterocycles. The molecule has 1 heteroatoms. The Morgan fingerprint density at radius 1 is 0.882 bits per heavy atom. The van der Waals surface area contributed by atoms with Crippen LogP contribution in [0.5, 0.6) is 0 Å². The van der Waals surface area contributed by atoms with Crippen molar-refractivity contribution in [3.63, 3.8) is 0 Å². The highest BCUT2D eigenvalue weighted by Crippen LogP contribution is 2.36. The number of nitrogens with zero attached hydrogens (tertiary/aromatic N) is 1. The minimum absolute atomic E-state index is 0.291. The molecule has 1 unspecified atom stereocenters. The van der Waals surface area contributed by atoms with E-state index in [9.17, 15) is 0 Å². The summed E-state index contributed by atoms with van der Waals surface area (Å²) in [6, 6.07) is 18.2. The number of benzene rings is 3. The van der Waals surface area contributed by atoms with Crippen LogP contribution >= 0.6 is 0 Å². The third kappa shape index (κ3) is 6.08. The van der Waals surface area contributed by atoms with Crippen molar-refractivity contribution in [3.05, 3.63) is 94.4 Å². The van der Waals surface area contributed by atoms with Crippen LogP contribution in [0.15, 0.2) is 72.8 Å². The van der Waals surface area contributed by atoms with Gasteiger partial charge in [-0.25, -0.2) is 0 Å². The van der Waals surface area contributed by atoms with Crippen LogP contribution in [0.25, 0.3) is 23.4 Å². The van der Waals surface area contributed by atoms with E-state index in [2.05, 4.69) is 118 Å². The molecule has 0 fully saturated rings. The fourth-order valence-electron chi connectivity index (χ4n) is 4.40. The van der Waals surface area contributed by atoms with Crippen molar-refractivity contribution < 1.29 is 0 Å². The van der Waals surface area contributed by atoms with Gasteiger partial charge in [-0.05, 0) is 65.8 Å². The molecule has 34 heavy (non-hydrogen) atoms. The van der Waals surface area contributed by atoms with Gasteiger partial charge in [-0.3, -0.25) is 0 Å². The molecule has 0 N–H and O–H groups in total. The van der Waals surface area contributed by atoms with Crippen LogP contribution in [-0.4, -0.2) is 6.04 Å². The molecule has 1 aliphatic carbocycles. The number of hydrogen-bond donors (Lipinski definition) is 0. The fourth-order valence-corrected chi connectivity index (χ4v) is 4.40. The molecule has 4 rings (SSSR count). The SMILES string of the molecule is C=c1/c(=C\C(C)C)ccc2c(N(c3ccc(C)cc3)C3C=CC=CC3)ccc(C)c12.CC.CC. The molecule has 1 nitrogen and oxygen atoms in total. The Bertz CT molecular complexity index is 1230. The van der Waals surface area contributed by atoms with Gasteiger partial charge in [0, 0.05) is 16.8 Å². The number of hydrogen-bond acceptors (Lipinski definition) is 1. The number of fused-ring (bicyclic) bond motifs is 1. The third-order valence-corrected chi connectivity index (χ3v) is 5.88. The van der Waals surface area contributed by atoms with Crippen molar-refractivity contribution >= 4 is 34.8 Å². The van der Waals surface area contributed by atoms with E-state index in [1.807, 2.05) is 27.7 Å². The van der Waals surface area contributed by atoms with Crippen molar-refractivity contribution in [2.75, 3.05) is 4.90 Å². The Morgan fingerprint density at radius 2 is 1.56 bits per heavy atom. The maximum atomic E-state index is 4.48. The smallest absolute Gasteiger partial charge is 0.0560 e. The van der Waals surface area contributed by atoms with Crippen LogP contribution in [0.4, 0.5) is 11.4 Å². The zero-order chi connectivity index (χ0) is 25.3. The molecule has 180 valence electrons. The standard InChI is InChI=1S/C29H31N.2C2H6/c1-20(2)19-24-14-17-27-28(18-13-22(4)29(27)23(24)5)30(25-9-7-6-8-10-25)26-15-11-21(3)12-16-26;2*1-2/h6-9,11-20,25H,5,10H2,1-4H3;2*1-2H3/b24-19-;;. The summed E-state index contributed by atoms with van der Waals surface area (Å²) in [6.45, 7) is 21.3. The highest BCUT2D eigenvalue weighted by atomic mass is 15.2. The molecule has 0 saturated heterocycles. The van der Waals surface area contributed by atoms with E-state index in [0.29, 0.717) is 12.0 Å². The van der Waals surface area contributed by atoms with Gasteiger partial charge in [0.05, 0.1) is 6.04 Å². The van der Waals surface area contributed by atoms with E-state index >= 15 is 0 Å². The normalized spacial score (nSPS) is 15.0. The predicted molar refractivity (Wildman–Crippen MR) is 155 cm³/mol. The first-order valence-electron chi connectivity index (χ1n) is 12.9. The van der Waals surface area contributed by atoms with Crippen molar-refractivity contribution in [2.24, 2.45) is 5.92 Å². The summed E-state index contributed by atoms with van der Waals surface area (Å²) in [5.74, 6) is 0.495. The highest BCUT2D eigenvalue weighted by Gasteiger charge is 2.21. The molecule has 3 aromatic rings. The Morgan fingerprint density at radius 3 is 2.15 bits per heavy atom. The molecule has 0 amide bonds. The van der Waals surface area contributed by atoms with Crippen molar-refractivity contribution in [3.8, 4) is 0 Å². The summed E-state index contributed by atoms with van der Waals surface area (Å²) < 4.78 is 0. The summed E-state index contributed by atoms with van der Waals surface area (Å²) in [5.41, 5.74) is 5.02. The summed E-state index contributed by atoms with van der Waals surface area (Å²) in [6.07, 6.45) is 12.2. The van der Waals surface area contributed by atoms with Gasteiger partial charge in [0.1, 0.15) is 0 Å². The molecular formula is C33H43N.